The number of H-pyrrole nitrogens is 1. The lowest BCUT2D eigenvalue weighted by Crippen LogP contribution is -2.07. The highest BCUT2D eigenvalue weighted by Gasteiger charge is 2.36. The van der Waals surface area contributed by atoms with Crippen molar-refractivity contribution < 1.29 is 21.6 Å². The number of benzene rings is 1. The highest BCUT2D eigenvalue weighted by atomic mass is 32.2. The van der Waals surface area contributed by atoms with Gasteiger partial charge in [0.1, 0.15) is 0 Å². The van der Waals surface area contributed by atoms with Crippen LogP contribution in [-0.2, 0) is 16.0 Å². The second-order valence-electron chi connectivity index (χ2n) is 5.12. The van der Waals surface area contributed by atoms with E-state index in [2.05, 4.69) is 9.97 Å². The second kappa shape index (κ2) is 5.75. The van der Waals surface area contributed by atoms with Crippen LogP contribution in [0.5, 0.6) is 0 Å². The Morgan fingerprint density at radius 2 is 1.75 bits per heavy atom. The summed E-state index contributed by atoms with van der Waals surface area (Å²) in [5, 5.41) is 3.44. The first-order chi connectivity index (χ1) is 11.2. The number of halogens is 3. The molecule has 0 fully saturated rings. The van der Waals surface area contributed by atoms with Gasteiger partial charge in [-0.1, -0.05) is 12.1 Å². The average molecular weight is 372 g/mol. The smallest absolute Gasteiger partial charge is 0.334 e. The Labute approximate surface area is 139 Å². The van der Waals surface area contributed by atoms with Crippen LogP contribution in [0.15, 0.2) is 46.0 Å². The SMILES string of the molecule is CS(=O)(=O)c1ccc(-c2[nH]c(C(F)(F)F)nc2-c2ccsc2)cc1. The molecule has 3 rings (SSSR count). The summed E-state index contributed by atoms with van der Waals surface area (Å²) in [6, 6.07) is 7.31. The molecule has 1 N–H and O–H groups in total. The highest BCUT2D eigenvalue weighted by Crippen LogP contribution is 2.36. The molecule has 9 heteroatoms. The van der Waals surface area contributed by atoms with E-state index in [1.165, 1.54) is 35.6 Å². The van der Waals surface area contributed by atoms with E-state index >= 15 is 0 Å². The van der Waals surface area contributed by atoms with Gasteiger partial charge in [-0.15, -0.1) is 0 Å². The van der Waals surface area contributed by atoms with Gasteiger partial charge in [-0.3, -0.25) is 0 Å². The Bertz CT molecular complexity index is 957. The summed E-state index contributed by atoms with van der Waals surface area (Å²) < 4.78 is 62.0. The largest absolute Gasteiger partial charge is 0.449 e. The zero-order chi connectivity index (χ0) is 17.5. The second-order valence-corrected chi connectivity index (χ2v) is 7.91. The Morgan fingerprint density at radius 3 is 2.25 bits per heavy atom. The molecule has 0 aliphatic heterocycles. The van der Waals surface area contributed by atoms with Gasteiger partial charge in [-0.05, 0) is 23.6 Å². The number of sulfone groups is 1. The van der Waals surface area contributed by atoms with Crippen LogP contribution in [0, 0.1) is 0 Å². The topological polar surface area (TPSA) is 62.8 Å². The van der Waals surface area contributed by atoms with Crippen molar-refractivity contribution in [3.63, 3.8) is 0 Å². The summed E-state index contributed by atoms with van der Waals surface area (Å²) in [5.74, 6) is -1.09. The number of nitrogens with zero attached hydrogens (tertiary/aromatic N) is 1. The summed E-state index contributed by atoms with van der Waals surface area (Å²) >= 11 is 1.35. The molecule has 24 heavy (non-hydrogen) atoms. The molecule has 0 amide bonds. The highest BCUT2D eigenvalue weighted by molar-refractivity contribution is 7.90. The van der Waals surface area contributed by atoms with E-state index in [9.17, 15) is 21.6 Å². The molecule has 0 bridgehead atoms. The number of imidazole rings is 1. The lowest BCUT2D eigenvalue weighted by Gasteiger charge is -2.04. The van der Waals surface area contributed by atoms with Crippen molar-refractivity contribution in [3.05, 3.63) is 46.9 Å². The molecule has 126 valence electrons. The van der Waals surface area contributed by atoms with E-state index in [0.29, 0.717) is 11.1 Å². The van der Waals surface area contributed by atoms with Gasteiger partial charge in [0.25, 0.3) is 0 Å². The van der Waals surface area contributed by atoms with E-state index < -0.39 is 21.8 Å². The van der Waals surface area contributed by atoms with Gasteiger partial charge in [0.2, 0.25) is 5.82 Å². The minimum atomic E-state index is -4.60. The molecular formula is C15H11F3N2O2S2. The van der Waals surface area contributed by atoms with Gasteiger partial charge >= 0.3 is 6.18 Å². The molecule has 4 nitrogen and oxygen atoms in total. The molecular weight excluding hydrogens is 361 g/mol. The molecule has 0 saturated carbocycles. The van der Waals surface area contributed by atoms with Crippen LogP contribution < -0.4 is 0 Å². The Hall–Kier alpha value is -2.13. The predicted octanol–water partition coefficient (Wildman–Crippen LogP) is 4.23. The van der Waals surface area contributed by atoms with Crippen LogP contribution >= 0.6 is 11.3 Å². The predicted molar refractivity (Wildman–Crippen MR) is 85.4 cm³/mol. The molecule has 3 aromatic rings. The van der Waals surface area contributed by atoms with Gasteiger partial charge in [0.05, 0.1) is 16.3 Å². The Morgan fingerprint density at radius 1 is 1.08 bits per heavy atom. The fraction of sp³-hybridized carbons (Fsp3) is 0.133. The maximum absolute atomic E-state index is 13.0. The first-order valence-corrected chi connectivity index (χ1v) is 9.50. The number of rotatable bonds is 3. The Balaban J connectivity index is 2.14. The molecule has 2 heterocycles. The normalized spacial score (nSPS) is 12.5. The van der Waals surface area contributed by atoms with Crippen molar-refractivity contribution >= 4 is 21.2 Å². The monoisotopic (exact) mass is 372 g/mol. The maximum atomic E-state index is 13.0. The molecule has 2 aromatic heterocycles. The number of alkyl halides is 3. The maximum Gasteiger partial charge on any atom is 0.449 e. The van der Waals surface area contributed by atoms with Gasteiger partial charge in [-0.2, -0.15) is 24.5 Å². The quantitative estimate of drug-likeness (QED) is 0.748. The van der Waals surface area contributed by atoms with Gasteiger partial charge in [-0.25, -0.2) is 13.4 Å². The molecule has 0 unspecified atom stereocenters. The minimum absolute atomic E-state index is 0.0962. The third-order valence-electron chi connectivity index (χ3n) is 3.34. The van der Waals surface area contributed by atoms with Gasteiger partial charge < -0.3 is 4.98 Å². The van der Waals surface area contributed by atoms with Crippen LogP contribution in [-0.4, -0.2) is 24.6 Å². The number of hydrogen-bond acceptors (Lipinski definition) is 4. The fourth-order valence-electron chi connectivity index (χ4n) is 2.19. The summed E-state index contributed by atoms with van der Waals surface area (Å²) in [7, 11) is -3.38. The molecule has 0 spiro atoms. The lowest BCUT2D eigenvalue weighted by atomic mass is 10.1. The first-order valence-electron chi connectivity index (χ1n) is 6.66. The van der Waals surface area contributed by atoms with Crippen LogP contribution in [0.2, 0.25) is 0 Å². The number of aromatic amines is 1. The number of aromatic nitrogens is 2. The molecule has 0 aliphatic carbocycles. The minimum Gasteiger partial charge on any atom is -0.334 e. The average Bonchev–Trinajstić information content (AvgIpc) is 3.15. The van der Waals surface area contributed by atoms with Crippen LogP contribution in [0.25, 0.3) is 22.5 Å². The summed E-state index contributed by atoms with van der Waals surface area (Å²) in [6.07, 6.45) is -3.54. The van der Waals surface area contributed by atoms with Crippen LogP contribution in [0.4, 0.5) is 13.2 Å². The van der Waals surface area contributed by atoms with E-state index in [-0.39, 0.29) is 16.3 Å². The van der Waals surface area contributed by atoms with Crippen molar-refractivity contribution in [1.29, 1.82) is 0 Å². The Kier molecular flexibility index (Phi) is 4.00. The number of nitrogens with one attached hydrogen (secondary N) is 1. The van der Waals surface area contributed by atoms with E-state index in [1.807, 2.05) is 0 Å². The standard InChI is InChI=1S/C15H11F3N2O2S2/c1-24(21,22)11-4-2-9(3-5-11)12-13(10-6-7-23-8-10)20-14(19-12)15(16,17)18/h2-8H,1H3,(H,19,20). The van der Waals surface area contributed by atoms with Crippen LogP contribution in [0.1, 0.15) is 5.82 Å². The molecule has 0 aliphatic rings. The first kappa shape index (κ1) is 16.7. The van der Waals surface area contributed by atoms with Crippen molar-refractivity contribution in [3.8, 4) is 22.5 Å². The zero-order valence-corrected chi connectivity index (χ0v) is 13.9. The summed E-state index contributed by atoms with van der Waals surface area (Å²) in [5.41, 5.74) is 1.36. The zero-order valence-electron chi connectivity index (χ0n) is 12.3. The molecule has 0 radical (unpaired) electrons. The third kappa shape index (κ3) is 3.22. The van der Waals surface area contributed by atoms with Crippen molar-refractivity contribution in [2.45, 2.75) is 11.1 Å². The molecule has 0 saturated heterocycles. The van der Waals surface area contributed by atoms with Gasteiger partial charge in [0, 0.05) is 22.8 Å². The van der Waals surface area contributed by atoms with Gasteiger partial charge in [0.15, 0.2) is 9.84 Å². The molecule has 0 atom stereocenters. The third-order valence-corrected chi connectivity index (χ3v) is 5.15. The molecule has 1 aromatic carbocycles. The summed E-state index contributed by atoms with van der Waals surface area (Å²) in [6.45, 7) is 0. The van der Waals surface area contributed by atoms with E-state index in [4.69, 9.17) is 0 Å². The van der Waals surface area contributed by atoms with E-state index in [0.717, 1.165) is 6.26 Å². The van der Waals surface area contributed by atoms with Crippen molar-refractivity contribution in [1.82, 2.24) is 9.97 Å². The number of thiophene rings is 1. The fourth-order valence-corrected chi connectivity index (χ4v) is 3.46. The van der Waals surface area contributed by atoms with E-state index in [1.54, 1.807) is 16.8 Å². The lowest BCUT2D eigenvalue weighted by molar-refractivity contribution is -0.144. The van der Waals surface area contributed by atoms with Crippen molar-refractivity contribution in [2.24, 2.45) is 0 Å². The number of hydrogen-bond donors (Lipinski definition) is 1. The van der Waals surface area contributed by atoms with Crippen LogP contribution in [0.3, 0.4) is 0 Å². The summed E-state index contributed by atoms with van der Waals surface area (Å²) in [4.78, 5) is 6.08. The van der Waals surface area contributed by atoms with Crippen molar-refractivity contribution in [2.75, 3.05) is 6.26 Å².